The summed E-state index contributed by atoms with van der Waals surface area (Å²) >= 11 is 0. The first-order valence-corrected chi connectivity index (χ1v) is 6.76. The van der Waals surface area contributed by atoms with E-state index in [4.69, 9.17) is 0 Å². The van der Waals surface area contributed by atoms with Gasteiger partial charge in [0.25, 0.3) is 0 Å². The number of pyridine rings is 1. The van der Waals surface area contributed by atoms with Crippen LogP contribution in [-0.4, -0.2) is 36.1 Å². The molecule has 1 unspecified atom stereocenters. The number of nitrogens with one attached hydrogen (secondary N) is 1. The Morgan fingerprint density at radius 1 is 1.28 bits per heavy atom. The van der Waals surface area contributed by atoms with E-state index in [9.17, 15) is 0 Å². The van der Waals surface area contributed by atoms with Crippen LogP contribution < -0.4 is 5.32 Å². The zero-order chi connectivity index (χ0) is 13.6. The quantitative estimate of drug-likeness (QED) is 0.840. The van der Waals surface area contributed by atoms with Gasteiger partial charge in [-0.2, -0.15) is 0 Å². The predicted molar refractivity (Wildman–Crippen MR) is 77.5 cm³/mol. The van der Waals surface area contributed by atoms with Crippen LogP contribution in [0.2, 0.25) is 0 Å². The Balaban J connectivity index is 2.62. The molecule has 3 heteroatoms. The summed E-state index contributed by atoms with van der Waals surface area (Å²) in [5, 5.41) is 3.44. The number of likely N-dealkylation sites (N-methyl/N-ethyl adjacent to an activating group) is 2. The summed E-state index contributed by atoms with van der Waals surface area (Å²) < 4.78 is 0. The molecule has 0 saturated carbocycles. The summed E-state index contributed by atoms with van der Waals surface area (Å²) in [6, 6.07) is 4.68. The minimum atomic E-state index is 0.278. The maximum Gasteiger partial charge on any atom is 0.0271 e. The molecule has 0 fully saturated rings. The molecule has 0 radical (unpaired) electrons. The smallest absolute Gasteiger partial charge is 0.0271 e. The fourth-order valence-corrected chi connectivity index (χ4v) is 2.11. The minimum absolute atomic E-state index is 0.278. The van der Waals surface area contributed by atoms with E-state index in [-0.39, 0.29) is 5.41 Å². The molecule has 1 N–H and O–H groups in total. The summed E-state index contributed by atoms with van der Waals surface area (Å²) in [6.45, 7) is 12.2. The lowest BCUT2D eigenvalue weighted by molar-refractivity contribution is 0.179. The van der Waals surface area contributed by atoms with Crippen molar-refractivity contribution >= 4 is 0 Å². The van der Waals surface area contributed by atoms with Gasteiger partial charge in [0.2, 0.25) is 0 Å². The first-order chi connectivity index (χ1) is 8.47. The average molecular weight is 249 g/mol. The zero-order valence-corrected chi connectivity index (χ0v) is 12.4. The maximum absolute atomic E-state index is 4.06. The molecule has 0 aliphatic heterocycles. The highest BCUT2D eigenvalue weighted by Crippen LogP contribution is 2.20. The number of hydrogen-bond donors (Lipinski definition) is 1. The van der Waals surface area contributed by atoms with Gasteiger partial charge in [-0.1, -0.05) is 27.7 Å². The Bertz CT molecular complexity index is 329. The van der Waals surface area contributed by atoms with Crippen LogP contribution in [-0.2, 0) is 6.54 Å². The highest BCUT2D eigenvalue weighted by molar-refractivity contribution is 5.09. The summed E-state index contributed by atoms with van der Waals surface area (Å²) in [5.41, 5.74) is 1.61. The number of nitrogens with zero attached hydrogens (tertiary/aromatic N) is 2. The van der Waals surface area contributed by atoms with E-state index in [1.165, 1.54) is 5.56 Å². The predicted octanol–water partition coefficient (Wildman–Crippen LogP) is 2.54. The molecule has 0 aromatic carbocycles. The molecule has 1 heterocycles. The van der Waals surface area contributed by atoms with Gasteiger partial charge in [-0.3, -0.25) is 9.88 Å². The van der Waals surface area contributed by atoms with Crippen LogP contribution in [0.15, 0.2) is 24.5 Å². The van der Waals surface area contributed by atoms with Crippen LogP contribution in [0, 0.1) is 5.41 Å². The van der Waals surface area contributed by atoms with Gasteiger partial charge in [-0.05, 0) is 36.7 Å². The number of hydrogen-bond acceptors (Lipinski definition) is 3. The van der Waals surface area contributed by atoms with Crippen molar-refractivity contribution in [3.05, 3.63) is 30.1 Å². The van der Waals surface area contributed by atoms with Crippen molar-refractivity contribution in [1.29, 1.82) is 0 Å². The van der Waals surface area contributed by atoms with Crippen molar-refractivity contribution in [3.63, 3.8) is 0 Å². The van der Waals surface area contributed by atoms with E-state index in [1.807, 2.05) is 12.4 Å². The first-order valence-electron chi connectivity index (χ1n) is 6.76. The molecule has 0 saturated heterocycles. The van der Waals surface area contributed by atoms with Crippen molar-refractivity contribution in [1.82, 2.24) is 15.2 Å². The molecule has 18 heavy (non-hydrogen) atoms. The van der Waals surface area contributed by atoms with Gasteiger partial charge >= 0.3 is 0 Å². The third kappa shape index (κ3) is 4.75. The van der Waals surface area contributed by atoms with E-state index in [2.05, 4.69) is 62.1 Å². The Morgan fingerprint density at radius 3 is 2.33 bits per heavy atom. The molecule has 0 aliphatic carbocycles. The molecule has 1 aromatic rings. The van der Waals surface area contributed by atoms with E-state index >= 15 is 0 Å². The van der Waals surface area contributed by atoms with Crippen molar-refractivity contribution in [2.75, 3.05) is 20.1 Å². The monoisotopic (exact) mass is 249 g/mol. The summed E-state index contributed by atoms with van der Waals surface area (Å²) in [6.07, 6.45) is 3.73. The van der Waals surface area contributed by atoms with Crippen molar-refractivity contribution in [2.24, 2.45) is 5.41 Å². The van der Waals surface area contributed by atoms with Gasteiger partial charge in [-0.25, -0.2) is 0 Å². The zero-order valence-electron chi connectivity index (χ0n) is 12.4. The highest BCUT2D eigenvalue weighted by Gasteiger charge is 2.24. The molecule has 102 valence electrons. The summed E-state index contributed by atoms with van der Waals surface area (Å²) in [7, 11) is 2.05. The molecule has 0 aliphatic rings. The number of aromatic nitrogens is 1. The van der Waals surface area contributed by atoms with Crippen LogP contribution in [0.25, 0.3) is 0 Å². The second-order valence-corrected chi connectivity index (χ2v) is 5.89. The Kier molecular flexibility index (Phi) is 5.76. The van der Waals surface area contributed by atoms with Gasteiger partial charge in [0.1, 0.15) is 0 Å². The molecule has 0 spiro atoms. The van der Waals surface area contributed by atoms with Gasteiger partial charge in [0.15, 0.2) is 0 Å². The van der Waals surface area contributed by atoms with E-state index < -0.39 is 0 Å². The van der Waals surface area contributed by atoms with E-state index in [0.717, 1.165) is 19.6 Å². The SMILES string of the molecule is CCN(Cc1ccncc1)CC(NC)C(C)(C)C. The van der Waals surface area contributed by atoms with Gasteiger partial charge in [0.05, 0.1) is 0 Å². The largest absolute Gasteiger partial charge is 0.315 e. The van der Waals surface area contributed by atoms with Gasteiger partial charge in [0, 0.05) is 31.5 Å². The summed E-state index contributed by atoms with van der Waals surface area (Å²) in [5.74, 6) is 0. The molecule has 1 aromatic heterocycles. The normalized spacial score (nSPS) is 13.9. The molecule has 3 nitrogen and oxygen atoms in total. The first kappa shape index (κ1) is 15.1. The Labute approximate surface area is 112 Å². The van der Waals surface area contributed by atoms with E-state index in [0.29, 0.717) is 6.04 Å². The lowest BCUT2D eigenvalue weighted by Crippen LogP contribution is -2.46. The van der Waals surface area contributed by atoms with Crippen molar-refractivity contribution in [3.8, 4) is 0 Å². The highest BCUT2D eigenvalue weighted by atomic mass is 15.1. The van der Waals surface area contributed by atoms with Crippen LogP contribution in [0.1, 0.15) is 33.3 Å². The van der Waals surface area contributed by atoms with Gasteiger partial charge in [-0.15, -0.1) is 0 Å². The Morgan fingerprint density at radius 2 is 1.89 bits per heavy atom. The molecule has 0 bridgehead atoms. The Hall–Kier alpha value is -0.930. The third-order valence-electron chi connectivity index (χ3n) is 3.44. The lowest BCUT2D eigenvalue weighted by Gasteiger charge is -2.35. The van der Waals surface area contributed by atoms with Crippen LogP contribution in [0.5, 0.6) is 0 Å². The average Bonchev–Trinajstić information content (AvgIpc) is 2.34. The van der Waals surface area contributed by atoms with Crippen LogP contribution in [0.3, 0.4) is 0 Å². The van der Waals surface area contributed by atoms with E-state index in [1.54, 1.807) is 0 Å². The lowest BCUT2D eigenvalue weighted by atomic mass is 9.86. The fraction of sp³-hybridized carbons (Fsp3) is 0.667. The molecule has 1 rings (SSSR count). The number of rotatable bonds is 6. The molecular formula is C15H27N3. The van der Waals surface area contributed by atoms with Crippen LogP contribution in [0.4, 0.5) is 0 Å². The minimum Gasteiger partial charge on any atom is -0.315 e. The molecule has 0 amide bonds. The topological polar surface area (TPSA) is 28.2 Å². The second-order valence-electron chi connectivity index (χ2n) is 5.89. The standard InChI is InChI=1S/C15H27N3/c1-6-18(11-13-7-9-17-10-8-13)12-14(16-5)15(2,3)4/h7-10,14,16H,6,11-12H2,1-5H3. The third-order valence-corrected chi connectivity index (χ3v) is 3.44. The van der Waals surface area contributed by atoms with Crippen molar-refractivity contribution in [2.45, 2.75) is 40.3 Å². The van der Waals surface area contributed by atoms with Crippen LogP contribution >= 0.6 is 0 Å². The second kappa shape index (κ2) is 6.86. The molecule has 1 atom stereocenters. The van der Waals surface area contributed by atoms with Crippen molar-refractivity contribution < 1.29 is 0 Å². The molecular weight excluding hydrogens is 222 g/mol. The summed E-state index contributed by atoms with van der Waals surface area (Å²) in [4.78, 5) is 6.54. The van der Waals surface area contributed by atoms with Gasteiger partial charge < -0.3 is 5.32 Å². The maximum atomic E-state index is 4.06. The fourth-order valence-electron chi connectivity index (χ4n) is 2.11.